The van der Waals surface area contributed by atoms with Gasteiger partial charge in [0, 0.05) is 17.5 Å². The van der Waals surface area contributed by atoms with Crippen molar-refractivity contribution in [3.05, 3.63) is 76.5 Å². The van der Waals surface area contributed by atoms with Crippen LogP contribution >= 0.6 is 0 Å². The van der Waals surface area contributed by atoms with Crippen molar-refractivity contribution < 1.29 is 23.6 Å². The number of carbonyl (C=O) groups is 1. The maximum Gasteiger partial charge on any atom is 0.303 e. The van der Waals surface area contributed by atoms with Crippen LogP contribution in [-0.4, -0.2) is 27.8 Å². The van der Waals surface area contributed by atoms with E-state index in [-0.39, 0.29) is 12.3 Å². The van der Waals surface area contributed by atoms with Crippen LogP contribution in [0.5, 0.6) is 5.75 Å². The zero-order valence-electron chi connectivity index (χ0n) is 20.1. The smallest absolute Gasteiger partial charge is 0.303 e. The van der Waals surface area contributed by atoms with Gasteiger partial charge in [0.05, 0.1) is 24.4 Å². The predicted molar refractivity (Wildman–Crippen MR) is 131 cm³/mol. The second-order valence-corrected chi connectivity index (χ2v) is 9.09. The Morgan fingerprint density at radius 3 is 2.57 bits per heavy atom. The van der Waals surface area contributed by atoms with Crippen LogP contribution < -0.4 is 4.74 Å². The highest BCUT2D eigenvalue weighted by atomic mass is 16.5. The van der Waals surface area contributed by atoms with Crippen LogP contribution in [0.25, 0.3) is 22.6 Å². The fourth-order valence-electron chi connectivity index (χ4n) is 4.92. The van der Waals surface area contributed by atoms with Crippen LogP contribution in [0.4, 0.5) is 0 Å². The Hall–Kier alpha value is -3.87. The fraction of sp³-hybridized carbons (Fsp3) is 0.321. The number of carboxylic acid groups (broad SMARTS) is 1. The molecule has 1 aliphatic rings. The highest BCUT2D eigenvalue weighted by Crippen LogP contribution is 2.37. The van der Waals surface area contributed by atoms with E-state index in [4.69, 9.17) is 23.8 Å². The molecule has 1 aliphatic carbocycles. The van der Waals surface area contributed by atoms with Crippen molar-refractivity contribution in [2.24, 2.45) is 0 Å². The van der Waals surface area contributed by atoms with Crippen molar-refractivity contribution in [3.8, 4) is 28.3 Å². The number of fused-ring (bicyclic) bond motifs is 1. The third kappa shape index (κ3) is 4.71. The second-order valence-electron chi connectivity index (χ2n) is 9.09. The zero-order valence-corrected chi connectivity index (χ0v) is 20.1. The minimum Gasteiger partial charge on any atom is -0.493 e. The molecule has 0 saturated heterocycles. The molecular formula is C28H28N2O5. The van der Waals surface area contributed by atoms with Gasteiger partial charge in [0.15, 0.2) is 0 Å². The molecule has 180 valence electrons. The Bertz CT molecular complexity index is 1350. The van der Waals surface area contributed by atoms with E-state index in [9.17, 15) is 4.79 Å². The van der Waals surface area contributed by atoms with Crippen LogP contribution in [0, 0.1) is 20.8 Å². The van der Waals surface area contributed by atoms with Gasteiger partial charge >= 0.3 is 5.97 Å². The molecule has 0 radical (unpaired) electrons. The van der Waals surface area contributed by atoms with Crippen molar-refractivity contribution in [2.45, 2.75) is 52.4 Å². The molecule has 0 saturated carbocycles. The molecule has 0 fully saturated rings. The van der Waals surface area contributed by atoms with E-state index in [1.54, 1.807) is 0 Å². The minimum atomic E-state index is -0.748. The van der Waals surface area contributed by atoms with Gasteiger partial charge in [-0.25, -0.2) is 4.98 Å². The Balaban J connectivity index is 1.22. The number of aliphatic carboxylic acids is 1. The van der Waals surface area contributed by atoms with E-state index >= 15 is 0 Å². The summed E-state index contributed by atoms with van der Waals surface area (Å²) in [5.74, 6) is 2.32. The quantitative estimate of drug-likeness (QED) is 0.333. The third-order valence-electron chi connectivity index (χ3n) is 6.69. The van der Waals surface area contributed by atoms with Crippen molar-refractivity contribution in [1.82, 2.24) is 10.1 Å². The number of hydrogen-bond donors (Lipinski definition) is 1. The van der Waals surface area contributed by atoms with Gasteiger partial charge in [-0.15, -0.1) is 0 Å². The Labute approximate surface area is 203 Å². The third-order valence-corrected chi connectivity index (χ3v) is 6.69. The number of hydrogen-bond acceptors (Lipinski definition) is 6. The Kier molecular flexibility index (Phi) is 6.16. The molecule has 1 N–H and O–H groups in total. The van der Waals surface area contributed by atoms with E-state index in [1.807, 2.05) is 63.2 Å². The van der Waals surface area contributed by atoms with Crippen LogP contribution in [0.3, 0.4) is 0 Å². The molecule has 0 aliphatic heterocycles. The molecule has 2 aromatic carbocycles. The number of benzene rings is 2. The molecule has 35 heavy (non-hydrogen) atoms. The van der Waals surface area contributed by atoms with Crippen molar-refractivity contribution >= 4 is 5.97 Å². The Morgan fingerprint density at radius 1 is 1.09 bits per heavy atom. The summed E-state index contributed by atoms with van der Waals surface area (Å²) in [4.78, 5) is 15.8. The van der Waals surface area contributed by atoms with Gasteiger partial charge in [-0.2, -0.15) is 0 Å². The van der Waals surface area contributed by atoms with Crippen LogP contribution in [-0.2, 0) is 17.6 Å². The molecule has 4 aromatic rings. The van der Waals surface area contributed by atoms with Crippen molar-refractivity contribution in [3.63, 3.8) is 0 Å². The average molecular weight is 473 g/mol. The highest BCUT2D eigenvalue weighted by molar-refractivity contribution is 5.70. The van der Waals surface area contributed by atoms with E-state index in [2.05, 4.69) is 5.16 Å². The highest BCUT2D eigenvalue weighted by Gasteiger charge is 2.25. The first-order chi connectivity index (χ1) is 16.9. The summed E-state index contributed by atoms with van der Waals surface area (Å²) in [5.41, 5.74) is 7.04. The van der Waals surface area contributed by atoms with Gasteiger partial charge in [0.2, 0.25) is 5.89 Å². The summed E-state index contributed by atoms with van der Waals surface area (Å²) in [6.45, 7) is 6.25. The van der Waals surface area contributed by atoms with Gasteiger partial charge in [-0.3, -0.25) is 4.79 Å². The SMILES string of the molecule is Cc1noc(C)c1-c1ccc(-c2nc(CCOc3ccc4c(c3)CC[C@H]4CC(=O)O)c(C)o2)cc1. The lowest BCUT2D eigenvalue weighted by molar-refractivity contribution is -0.137. The molecule has 0 bridgehead atoms. The molecule has 0 amide bonds. The van der Waals surface area contributed by atoms with Crippen molar-refractivity contribution in [1.29, 1.82) is 0 Å². The van der Waals surface area contributed by atoms with E-state index in [1.165, 1.54) is 5.56 Å². The van der Waals surface area contributed by atoms with E-state index < -0.39 is 5.97 Å². The van der Waals surface area contributed by atoms with Gasteiger partial charge < -0.3 is 18.8 Å². The molecule has 7 heteroatoms. The van der Waals surface area contributed by atoms with Crippen LogP contribution in [0.15, 0.2) is 51.4 Å². The minimum absolute atomic E-state index is 0.103. The second kappa shape index (κ2) is 9.41. The number of carboxylic acids is 1. The number of ether oxygens (including phenoxy) is 1. The van der Waals surface area contributed by atoms with E-state index in [0.29, 0.717) is 18.9 Å². The topological polar surface area (TPSA) is 98.6 Å². The van der Waals surface area contributed by atoms with Crippen LogP contribution in [0.1, 0.15) is 52.8 Å². The molecule has 7 nitrogen and oxygen atoms in total. The largest absolute Gasteiger partial charge is 0.493 e. The Morgan fingerprint density at radius 2 is 1.86 bits per heavy atom. The number of rotatable bonds is 8. The first-order valence-corrected chi connectivity index (χ1v) is 11.9. The zero-order chi connectivity index (χ0) is 24.5. The first kappa shape index (κ1) is 22.9. The lowest BCUT2D eigenvalue weighted by atomic mass is 9.98. The van der Waals surface area contributed by atoms with Crippen LogP contribution in [0.2, 0.25) is 0 Å². The maximum atomic E-state index is 11.1. The molecule has 5 rings (SSSR count). The molecule has 2 aromatic heterocycles. The lowest BCUT2D eigenvalue weighted by Crippen LogP contribution is -2.04. The lowest BCUT2D eigenvalue weighted by Gasteiger charge is -2.10. The predicted octanol–water partition coefficient (Wildman–Crippen LogP) is 6.05. The summed E-state index contributed by atoms with van der Waals surface area (Å²) in [6, 6.07) is 14.0. The fourth-order valence-corrected chi connectivity index (χ4v) is 4.92. The monoisotopic (exact) mass is 472 g/mol. The summed E-state index contributed by atoms with van der Waals surface area (Å²) in [6.07, 6.45) is 2.59. The van der Waals surface area contributed by atoms with E-state index in [0.717, 1.165) is 63.8 Å². The number of nitrogens with zero attached hydrogens (tertiary/aromatic N) is 2. The number of aromatic nitrogens is 2. The summed E-state index contributed by atoms with van der Waals surface area (Å²) in [7, 11) is 0. The molecule has 2 heterocycles. The summed E-state index contributed by atoms with van der Waals surface area (Å²) in [5, 5.41) is 13.1. The van der Waals surface area contributed by atoms with Gasteiger partial charge in [-0.1, -0.05) is 23.4 Å². The standard InChI is InChI=1S/C28H28N2O5/c1-16-27(18(3)35-30-16)19-4-6-20(7-5-19)28-29-25(17(2)34-28)12-13-33-23-10-11-24-21(14-23)8-9-22(24)15-26(31)32/h4-7,10-11,14,22H,8-9,12-13,15H2,1-3H3,(H,31,32)/t22-/m0/s1. The molecule has 1 atom stereocenters. The number of oxazole rings is 1. The molecule has 0 unspecified atom stereocenters. The normalized spacial score (nSPS) is 14.8. The molecule has 0 spiro atoms. The summed E-state index contributed by atoms with van der Waals surface area (Å²) < 4.78 is 17.2. The maximum absolute atomic E-state index is 11.1. The average Bonchev–Trinajstić information content (AvgIpc) is 3.51. The van der Waals surface area contributed by atoms with Crippen molar-refractivity contribution in [2.75, 3.05) is 6.61 Å². The van der Waals surface area contributed by atoms with Gasteiger partial charge in [-0.05, 0) is 80.5 Å². The summed E-state index contributed by atoms with van der Waals surface area (Å²) >= 11 is 0. The molecular weight excluding hydrogens is 444 g/mol. The first-order valence-electron chi connectivity index (χ1n) is 11.9. The van der Waals surface area contributed by atoms with Gasteiger partial charge in [0.25, 0.3) is 0 Å². The van der Waals surface area contributed by atoms with Gasteiger partial charge in [0.1, 0.15) is 17.3 Å². The number of aryl methyl sites for hydroxylation is 4.